The van der Waals surface area contributed by atoms with Gasteiger partial charge in [-0.1, -0.05) is 0 Å². The van der Waals surface area contributed by atoms with Crippen molar-refractivity contribution in [1.29, 1.82) is 0 Å². The number of rotatable bonds is 6. The molecule has 0 heterocycles. The Morgan fingerprint density at radius 1 is 0.586 bits per heavy atom. The summed E-state index contributed by atoms with van der Waals surface area (Å²) < 4.78 is 13.5. The van der Waals surface area contributed by atoms with Crippen LogP contribution in [0.5, 0.6) is 11.5 Å². The first-order valence-electron chi connectivity index (χ1n) is 8.96. The number of benzene rings is 2. The van der Waals surface area contributed by atoms with Crippen molar-refractivity contribution in [3.63, 3.8) is 0 Å². The summed E-state index contributed by atoms with van der Waals surface area (Å²) in [6, 6.07) is 10.4. The van der Waals surface area contributed by atoms with Crippen LogP contribution in [-0.4, -0.2) is 0 Å². The third-order valence-corrected chi connectivity index (χ3v) is 14.9. The minimum absolute atomic E-state index is 0.0141. The Labute approximate surface area is 195 Å². The molecule has 0 atom stereocenters. The molecular weight excluding hydrogens is 529 g/mol. The van der Waals surface area contributed by atoms with Crippen LogP contribution in [0.1, 0.15) is 0 Å². The zero-order valence-electron chi connectivity index (χ0n) is 15.1. The van der Waals surface area contributed by atoms with Crippen molar-refractivity contribution in [3.05, 3.63) is 105 Å². The molecule has 0 fully saturated rings. The summed E-state index contributed by atoms with van der Waals surface area (Å²) in [6.07, 6.45) is 16.5. The molecular formula is C22H16Cl4O2Zr. The molecule has 0 aromatic heterocycles. The van der Waals surface area contributed by atoms with Crippen molar-refractivity contribution >= 4 is 46.4 Å². The fourth-order valence-corrected chi connectivity index (χ4v) is 13.4. The standard InChI is InChI=1S/2C6H4Cl2O.2C5H5.Zr/c2*7-4-1-2-6(9)5(8)3-4;2*1-2-4-5-3-1;/h2*1-3,9H;2*1-5H;/q;;;;+2/p-2. The number of hydrogen-bond acceptors (Lipinski definition) is 2. The second-order valence-corrected chi connectivity index (χ2v) is 16.2. The first kappa shape index (κ1) is 21.3. The van der Waals surface area contributed by atoms with Crippen molar-refractivity contribution in [2.24, 2.45) is 0 Å². The van der Waals surface area contributed by atoms with Crippen molar-refractivity contribution in [2.45, 2.75) is 7.25 Å². The van der Waals surface area contributed by atoms with Gasteiger partial charge in [0.05, 0.1) is 0 Å². The number of allylic oxidation sites excluding steroid dienone is 8. The number of halogens is 4. The average Bonchev–Trinajstić information content (AvgIpc) is 3.39. The maximum atomic E-state index is 6.75. The van der Waals surface area contributed by atoms with Crippen LogP contribution in [0.25, 0.3) is 0 Å². The van der Waals surface area contributed by atoms with E-state index in [2.05, 4.69) is 24.3 Å². The predicted octanol–water partition coefficient (Wildman–Crippen LogP) is 8.57. The molecule has 0 N–H and O–H groups in total. The first-order chi connectivity index (χ1) is 14.0. The second-order valence-electron chi connectivity index (χ2n) is 6.67. The van der Waals surface area contributed by atoms with Crippen LogP contribution in [0.2, 0.25) is 27.3 Å². The van der Waals surface area contributed by atoms with Gasteiger partial charge in [0.1, 0.15) is 0 Å². The Morgan fingerprint density at radius 3 is 1.31 bits per heavy atom. The van der Waals surface area contributed by atoms with Gasteiger partial charge in [-0.05, 0) is 0 Å². The summed E-state index contributed by atoms with van der Waals surface area (Å²) in [7, 11) is 0. The van der Waals surface area contributed by atoms with Gasteiger partial charge in [0.25, 0.3) is 0 Å². The van der Waals surface area contributed by atoms with Gasteiger partial charge in [-0.3, -0.25) is 0 Å². The van der Waals surface area contributed by atoms with Crippen LogP contribution < -0.4 is 5.63 Å². The molecule has 0 saturated carbocycles. The molecule has 0 spiro atoms. The van der Waals surface area contributed by atoms with E-state index in [-0.39, 0.29) is 7.25 Å². The fraction of sp³-hybridized carbons (Fsp3) is 0.0909. The summed E-state index contributed by atoms with van der Waals surface area (Å²) in [4.78, 5) is 0. The zero-order valence-corrected chi connectivity index (χ0v) is 20.5. The van der Waals surface area contributed by atoms with Gasteiger partial charge in [0.2, 0.25) is 0 Å². The van der Waals surface area contributed by atoms with E-state index < -0.39 is 21.1 Å². The molecule has 148 valence electrons. The van der Waals surface area contributed by atoms with Crippen molar-refractivity contribution in [2.75, 3.05) is 0 Å². The van der Waals surface area contributed by atoms with E-state index in [1.807, 2.05) is 24.3 Å². The molecule has 7 heteroatoms. The van der Waals surface area contributed by atoms with Gasteiger partial charge in [-0.2, -0.15) is 0 Å². The van der Waals surface area contributed by atoms with E-state index in [0.717, 1.165) is 0 Å². The van der Waals surface area contributed by atoms with E-state index >= 15 is 0 Å². The third kappa shape index (κ3) is 4.55. The summed E-state index contributed by atoms with van der Waals surface area (Å²) in [5.74, 6) is 1.11. The normalized spacial score (nSPS) is 16.1. The molecule has 4 rings (SSSR count). The van der Waals surface area contributed by atoms with E-state index in [1.54, 1.807) is 36.4 Å². The molecule has 29 heavy (non-hydrogen) atoms. The summed E-state index contributed by atoms with van der Waals surface area (Å²) in [6.45, 7) is 0. The fourth-order valence-electron chi connectivity index (χ4n) is 3.38. The van der Waals surface area contributed by atoms with Gasteiger partial charge < -0.3 is 0 Å². The summed E-state index contributed by atoms with van der Waals surface area (Å²) in [5, 5.41) is 1.99. The molecule has 2 aromatic rings. The molecule has 2 aromatic carbocycles. The summed E-state index contributed by atoms with van der Waals surface area (Å²) >= 11 is 21.0. The minimum atomic E-state index is -4.11. The first-order valence-corrected chi connectivity index (χ1v) is 15.3. The quantitative estimate of drug-likeness (QED) is 0.362. The summed E-state index contributed by atoms with van der Waals surface area (Å²) in [5.41, 5.74) is 0. The zero-order chi connectivity index (χ0) is 20.4. The molecule has 2 aliphatic rings. The van der Waals surface area contributed by atoms with Gasteiger partial charge in [-0.25, -0.2) is 0 Å². The third-order valence-electron chi connectivity index (χ3n) is 4.75. The topological polar surface area (TPSA) is 18.5 Å². The molecule has 0 amide bonds. The Balaban J connectivity index is 1.83. The van der Waals surface area contributed by atoms with Crippen LogP contribution >= 0.6 is 46.4 Å². The van der Waals surface area contributed by atoms with Crippen LogP contribution in [-0.2, 0) is 21.1 Å². The maximum absolute atomic E-state index is 6.75. The molecule has 0 aliphatic heterocycles. The Kier molecular flexibility index (Phi) is 6.63. The van der Waals surface area contributed by atoms with E-state index in [1.165, 1.54) is 0 Å². The average molecular weight is 545 g/mol. The molecule has 2 nitrogen and oxygen atoms in total. The molecule has 0 bridgehead atoms. The van der Waals surface area contributed by atoms with Crippen LogP contribution in [0.4, 0.5) is 0 Å². The Hall–Kier alpha value is -0.957. The van der Waals surface area contributed by atoms with Crippen molar-refractivity contribution in [1.82, 2.24) is 0 Å². The van der Waals surface area contributed by atoms with Crippen LogP contribution in [0.3, 0.4) is 0 Å². The van der Waals surface area contributed by atoms with Crippen LogP contribution in [0, 0.1) is 0 Å². The van der Waals surface area contributed by atoms with Gasteiger partial charge >= 0.3 is 197 Å². The van der Waals surface area contributed by atoms with Crippen LogP contribution in [0.15, 0.2) is 85.0 Å². The number of hydrogen-bond donors (Lipinski definition) is 0. The Bertz CT molecular complexity index is 938. The van der Waals surface area contributed by atoms with E-state index in [9.17, 15) is 0 Å². The van der Waals surface area contributed by atoms with Gasteiger partial charge in [0.15, 0.2) is 0 Å². The molecule has 0 unspecified atom stereocenters. The monoisotopic (exact) mass is 542 g/mol. The van der Waals surface area contributed by atoms with Gasteiger partial charge in [0, 0.05) is 0 Å². The SMILES string of the molecule is Clc1ccc([O][Zr]([O]c2ccc(Cl)cc2Cl)([CH]2C=CC=C2)[CH]2C=CC=C2)c(Cl)c1. The Morgan fingerprint density at radius 2 is 0.966 bits per heavy atom. The van der Waals surface area contributed by atoms with Gasteiger partial charge in [-0.15, -0.1) is 0 Å². The molecule has 0 radical (unpaired) electrons. The van der Waals surface area contributed by atoms with Crippen molar-refractivity contribution < 1.29 is 26.8 Å². The molecule has 2 aliphatic carbocycles. The second kappa shape index (κ2) is 9.04. The van der Waals surface area contributed by atoms with E-state index in [4.69, 9.17) is 52.0 Å². The predicted molar refractivity (Wildman–Crippen MR) is 118 cm³/mol. The molecule has 0 saturated heterocycles. The van der Waals surface area contributed by atoms with E-state index in [0.29, 0.717) is 31.6 Å². The van der Waals surface area contributed by atoms with Crippen molar-refractivity contribution in [3.8, 4) is 11.5 Å².